The van der Waals surface area contributed by atoms with Crippen molar-refractivity contribution in [1.29, 1.82) is 5.41 Å². The van der Waals surface area contributed by atoms with Gasteiger partial charge in [-0.2, -0.15) is 0 Å². The standard InChI is InChI=1S/C9H18N4O/c1-7(14)8(10)6-12-9(11)13-4-2-3-5-13/h8H,2-6,10H2,1H3,(H2,11,12)/t8-/m0/s1. The SMILES string of the molecule is CC(=O)[C@@H](N)CNC(=N)N1CCCC1. The number of nitrogens with zero attached hydrogens (tertiary/aromatic N) is 1. The molecule has 1 fully saturated rings. The first-order chi connectivity index (χ1) is 6.61. The minimum absolute atomic E-state index is 0.0493. The summed E-state index contributed by atoms with van der Waals surface area (Å²) in [4.78, 5) is 12.8. The topological polar surface area (TPSA) is 82.2 Å². The molecule has 0 aliphatic carbocycles. The molecular weight excluding hydrogens is 180 g/mol. The Morgan fingerprint density at radius 2 is 2.14 bits per heavy atom. The summed E-state index contributed by atoms with van der Waals surface area (Å²) in [6.07, 6.45) is 2.28. The van der Waals surface area contributed by atoms with Gasteiger partial charge in [0, 0.05) is 19.6 Å². The van der Waals surface area contributed by atoms with Crippen LogP contribution in [0.5, 0.6) is 0 Å². The van der Waals surface area contributed by atoms with Crippen molar-refractivity contribution in [2.24, 2.45) is 5.73 Å². The van der Waals surface area contributed by atoms with E-state index in [-0.39, 0.29) is 5.78 Å². The summed E-state index contributed by atoms with van der Waals surface area (Å²) >= 11 is 0. The predicted molar refractivity (Wildman–Crippen MR) is 55.2 cm³/mol. The van der Waals surface area contributed by atoms with Gasteiger partial charge in [-0.3, -0.25) is 10.2 Å². The first-order valence-electron chi connectivity index (χ1n) is 4.94. The normalized spacial score (nSPS) is 18.0. The maximum absolute atomic E-state index is 10.8. The summed E-state index contributed by atoms with van der Waals surface area (Å²) in [5.74, 6) is 0.339. The fourth-order valence-electron chi connectivity index (χ4n) is 1.40. The first-order valence-corrected chi connectivity index (χ1v) is 4.94. The lowest BCUT2D eigenvalue weighted by Crippen LogP contribution is -2.46. The number of nitrogens with one attached hydrogen (secondary N) is 2. The fraction of sp³-hybridized carbons (Fsp3) is 0.778. The third-order valence-electron chi connectivity index (χ3n) is 2.43. The quantitative estimate of drug-likeness (QED) is 0.422. The van der Waals surface area contributed by atoms with Gasteiger partial charge < -0.3 is 16.0 Å². The predicted octanol–water partition coefficient (Wildman–Crippen LogP) is -0.477. The number of carbonyl (C=O) groups excluding carboxylic acids is 1. The van der Waals surface area contributed by atoms with E-state index < -0.39 is 6.04 Å². The number of hydrogen-bond acceptors (Lipinski definition) is 3. The number of carbonyl (C=O) groups is 1. The van der Waals surface area contributed by atoms with Gasteiger partial charge in [0.25, 0.3) is 0 Å². The molecule has 0 unspecified atom stereocenters. The van der Waals surface area contributed by atoms with E-state index in [4.69, 9.17) is 11.1 Å². The van der Waals surface area contributed by atoms with Crippen molar-refractivity contribution in [3.8, 4) is 0 Å². The molecule has 14 heavy (non-hydrogen) atoms. The summed E-state index contributed by atoms with van der Waals surface area (Å²) in [5, 5.41) is 10.5. The lowest BCUT2D eigenvalue weighted by atomic mass is 10.2. The third-order valence-corrected chi connectivity index (χ3v) is 2.43. The van der Waals surface area contributed by atoms with E-state index in [2.05, 4.69) is 5.32 Å². The summed E-state index contributed by atoms with van der Waals surface area (Å²) in [6, 6.07) is -0.502. The van der Waals surface area contributed by atoms with Crippen LogP contribution >= 0.6 is 0 Å². The zero-order chi connectivity index (χ0) is 10.6. The number of likely N-dealkylation sites (tertiary alicyclic amines) is 1. The highest BCUT2D eigenvalue weighted by Crippen LogP contribution is 2.05. The zero-order valence-electron chi connectivity index (χ0n) is 8.55. The van der Waals surface area contributed by atoms with Crippen molar-refractivity contribution in [2.45, 2.75) is 25.8 Å². The molecule has 1 aliphatic heterocycles. The third kappa shape index (κ3) is 2.99. The molecule has 4 N–H and O–H groups in total. The van der Waals surface area contributed by atoms with Crippen LogP contribution in [0.4, 0.5) is 0 Å². The molecule has 0 aromatic heterocycles. The van der Waals surface area contributed by atoms with Crippen LogP contribution in [0.2, 0.25) is 0 Å². The minimum Gasteiger partial charge on any atom is -0.354 e. The maximum Gasteiger partial charge on any atom is 0.191 e. The molecule has 1 heterocycles. The molecule has 0 amide bonds. The van der Waals surface area contributed by atoms with Crippen LogP contribution in [0.3, 0.4) is 0 Å². The van der Waals surface area contributed by atoms with Crippen LogP contribution in [-0.4, -0.2) is 42.3 Å². The van der Waals surface area contributed by atoms with Crippen LogP contribution in [-0.2, 0) is 4.79 Å². The Morgan fingerprint density at radius 3 is 2.64 bits per heavy atom. The molecule has 80 valence electrons. The van der Waals surface area contributed by atoms with E-state index in [1.54, 1.807) is 0 Å². The Hall–Kier alpha value is -1.10. The number of nitrogens with two attached hydrogens (primary N) is 1. The Balaban J connectivity index is 2.23. The summed E-state index contributed by atoms with van der Waals surface area (Å²) in [6.45, 7) is 3.68. The van der Waals surface area contributed by atoms with Crippen LogP contribution < -0.4 is 11.1 Å². The van der Waals surface area contributed by atoms with E-state index in [1.165, 1.54) is 6.92 Å². The van der Waals surface area contributed by atoms with Gasteiger partial charge in [-0.25, -0.2) is 0 Å². The van der Waals surface area contributed by atoms with Crippen molar-refractivity contribution < 1.29 is 4.79 Å². The van der Waals surface area contributed by atoms with Crippen molar-refractivity contribution in [2.75, 3.05) is 19.6 Å². The van der Waals surface area contributed by atoms with E-state index >= 15 is 0 Å². The Labute approximate surface area is 84.1 Å². The number of rotatable bonds is 3. The van der Waals surface area contributed by atoms with Gasteiger partial charge in [-0.15, -0.1) is 0 Å². The summed E-state index contributed by atoms with van der Waals surface area (Å²) in [5.41, 5.74) is 5.54. The largest absolute Gasteiger partial charge is 0.354 e. The second-order valence-corrected chi connectivity index (χ2v) is 3.64. The highest BCUT2D eigenvalue weighted by atomic mass is 16.1. The molecule has 1 rings (SSSR count). The molecule has 5 nitrogen and oxygen atoms in total. The molecule has 0 aromatic carbocycles. The minimum atomic E-state index is -0.502. The van der Waals surface area contributed by atoms with Crippen LogP contribution in [0, 0.1) is 5.41 Å². The van der Waals surface area contributed by atoms with E-state index in [0.717, 1.165) is 25.9 Å². The first kappa shape index (κ1) is 11.0. The Bertz CT molecular complexity index is 223. The zero-order valence-corrected chi connectivity index (χ0v) is 8.55. The molecule has 1 aliphatic rings. The van der Waals surface area contributed by atoms with Crippen LogP contribution in [0.25, 0.3) is 0 Å². The second-order valence-electron chi connectivity index (χ2n) is 3.64. The lowest BCUT2D eigenvalue weighted by molar-refractivity contribution is -0.118. The number of ketones is 1. The average Bonchev–Trinajstić information content (AvgIpc) is 2.66. The molecule has 0 radical (unpaired) electrons. The molecule has 0 spiro atoms. The average molecular weight is 198 g/mol. The summed E-state index contributed by atoms with van der Waals surface area (Å²) < 4.78 is 0. The number of Topliss-reactive ketones (excluding diaryl/α,β-unsaturated/α-hetero) is 1. The van der Waals surface area contributed by atoms with Gasteiger partial charge in [0.2, 0.25) is 0 Å². The summed E-state index contributed by atoms with van der Waals surface area (Å²) in [7, 11) is 0. The van der Waals surface area contributed by atoms with E-state index in [0.29, 0.717) is 12.5 Å². The molecule has 1 saturated heterocycles. The second kappa shape index (κ2) is 4.95. The molecule has 1 atom stereocenters. The monoisotopic (exact) mass is 198 g/mol. The van der Waals surface area contributed by atoms with Gasteiger partial charge in [0.1, 0.15) is 5.78 Å². The highest BCUT2D eigenvalue weighted by molar-refractivity contribution is 5.83. The Morgan fingerprint density at radius 1 is 1.57 bits per heavy atom. The molecule has 0 bridgehead atoms. The van der Waals surface area contributed by atoms with Crippen molar-refractivity contribution in [3.63, 3.8) is 0 Å². The van der Waals surface area contributed by atoms with Crippen molar-refractivity contribution in [3.05, 3.63) is 0 Å². The molecule has 5 heteroatoms. The van der Waals surface area contributed by atoms with Crippen LogP contribution in [0.1, 0.15) is 19.8 Å². The van der Waals surface area contributed by atoms with E-state index in [1.807, 2.05) is 4.90 Å². The smallest absolute Gasteiger partial charge is 0.191 e. The van der Waals surface area contributed by atoms with Gasteiger partial charge in [-0.1, -0.05) is 0 Å². The number of hydrogen-bond donors (Lipinski definition) is 3. The lowest BCUT2D eigenvalue weighted by Gasteiger charge is -2.20. The van der Waals surface area contributed by atoms with Gasteiger partial charge in [0.15, 0.2) is 5.96 Å². The fourth-order valence-corrected chi connectivity index (χ4v) is 1.40. The van der Waals surface area contributed by atoms with E-state index in [9.17, 15) is 4.79 Å². The van der Waals surface area contributed by atoms with Gasteiger partial charge in [-0.05, 0) is 19.8 Å². The highest BCUT2D eigenvalue weighted by Gasteiger charge is 2.15. The number of guanidine groups is 1. The van der Waals surface area contributed by atoms with Crippen molar-refractivity contribution >= 4 is 11.7 Å². The molecule has 0 aromatic rings. The van der Waals surface area contributed by atoms with Gasteiger partial charge >= 0.3 is 0 Å². The molecule has 0 saturated carbocycles. The Kier molecular flexibility index (Phi) is 3.88. The van der Waals surface area contributed by atoms with Gasteiger partial charge in [0.05, 0.1) is 6.04 Å². The van der Waals surface area contributed by atoms with Crippen LogP contribution in [0.15, 0.2) is 0 Å². The maximum atomic E-state index is 10.8. The van der Waals surface area contributed by atoms with Crippen molar-refractivity contribution in [1.82, 2.24) is 10.2 Å². The molecular formula is C9H18N4O.